The maximum atomic E-state index is 6.75. The Morgan fingerprint density at radius 3 is 1.40 bits per heavy atom. The summed E-state index contributed by atoms with van der Waals surface area (Å²) in [6.45, 7) is 0. The molecule has 0 spiro atoms. The van der Waals surface area contributed by atoms with Crippen molar-refractivity contribution in [1.29, 1.82) is 0 Å². The van der Waals surface area contributed by atoms with Crippen LogP contribution in [0.3, 0.4) is 0 Å². The van der Waals surface area contributed by atoms with Gasteiger partial charge in [0.1, 0.15) is 0 Å². The summed E-state index contributed by atoms with van der Waals surface area (Å²) in [5.74, 6) is 0. The third kappa shape index (κ3) is 63500. The Morgan fingerprint density at radius 2 is 1.40 bits per heavy atom. The molecule has 0 aliphatic heterocycles. The molecule has 4 nitrogen and oxygen atoms in total. The van der Waals surface area contributed by atoms with Gasteiger partial charge in [0, 0.05) is 21.7 Å². The van der Waals surface area contributed by atoms with Gasteiger partial charge in [0.15, 0.2) is 0 Å². The molecule has 4 N–H and O–H groups in total. The van der Waals surface area contributed by atoms with Crippen LogP contribution in [0.15, 0.2) is 0 Å². The third-order valence-electron chi connectivity index (χ3n) is 0. The molecule has 0 heterocycles. The van der Waals surface area contributed by atoms with E-state index in [-0.39, 0.29) is 29.3 Å². The SMILES string of the molecule is [H-].[N-]=[N+]=[N-].[NH4+].[Ti]. The van der Waals surface area contributed by atoms with E-state index in [9.17, 15) is 0 Å². The van der Waals surface area contributed by atoms with E-state index < -0.39 is 0 Å². The first-order chi connectivity index (χ1) is 1.41. The van der Waals surface area contributed by atoms with Gasteiger partial charge in [0.25, 0.3) is 0 Å². The van der Waals surface area contributed by atoms with Crippen molar-refractivity contribution in [2.24, 2.45) is 0 Å². The minimum atomic E-state index is 0. The molecule has 0 atom stereocenters. The second-order valence-corrected chi connectivity index (χ2v) is 0.0894. The van der Waals surface area contributed by atoms with Crippen molar-refractivity contribution in [3.8, 4) is 0 Å². The fraction of sp³-hybridized carbons (Fsp3) is 0. The van der Waals surface area contributed by atoms with Gasteiger partial charge in [-0.15, -0.1) is 0 Å². The average molecular weight is 109 g/mol. The van der Waals surface area contributed by atoms with Crippen molar-refractivity contribution in [3.63, 3.8) is 0 Å². The first-order valence-corrected chi connectivity index (χ1v) is 0.400. The standard InChI is InChI=1S/N3.H3N.Ti.H/c1-3-2;;;/h;1H3;;/q-1;;;-1/p+1. The first kappa shape index (κ1) is 20.1. The van der Waals surface area contributed by atoms with E-state index in [0.717, 1.165) is 0 Å². The molecule has 0 radical (unpaired) electrons. The van der Waals surface area contributed by atoms with Gasteiger partial charge in [-0.1, -0.05) is 0 Å². The molecule has 0 bridgehead atoms. The van der Waals surface area contributed by atoms with Crippen LogP contribution in [0.2, 0.25) is 0 Å². The van der Waals surface area contributed by atoms with E-state index in [1.54, 1.807) is 0 Å². The van der Waals surface area contributed by atoms with Gasteiger partial charge in [0.05, 0.1) is 0 Å². The summed E-state index contributed by atoms with van der Waals surface area (Å²) in [5, 5.41) is 0. The zero-order valence-electron chi connectivity index (χ0n) is 3.84. The van der Waals surface area contributed by atoms with Crippen molar-refractivity contribution in [1.82, 2.24) is 6.15 Å². The van der Waals surface area contributed by atoms with Crippen LogP contribution in [-0.2, 0) is 21.7 Å². The molecule has 30 valence electrons. The zero-order chi connectivity index (χ0) is 2.71. The maximum Gasteiger partial charge on any atom is 0 e. The average Bonchev–Trinajstić information content (AvgIpc) is 0.918. The van der Waals surface area contributed by atoms with Crippen LogP contribution in [0.25, 0.3) is 16.0 Å². The molecule has 0 unspecified atom stereocenters. The predicted molar refractivity (Wildman–Crippen MR) is 17.2 cm³/mol. The smallest absolute Gasteiger partial charge is 0 e. The van der Waals surface area contributed by atoms with Crippen LogP contribution >= 0.6 is 0 Å². The van der Waals surface area contributed by atoms with Gasteiger partial charge in [-0.25, -0.2) is 0 Å². The fourth-order valence-electron chi connectivity index (χ4n) is 0. The molecule has 0 aromatic heterocycles. The van der Waals surface area contributed by atoms with Crippen molar-refractivity contribution >= 4 is 0 Å². The Balaban J connectivity index is -0.00000000667. The second kappa shape index (κ2) is 36.6. The third-order valence-corrected chi connectivity index (χ3v) is 0. The summed E-state index contributed by atoms with van der Waals surface area (Å²) in [5.41, 5.74) is 13.5. The van der Waals surface area contributed by atoms with E-state index in [2.05, 4.69) is 0 Å². The van der Waals surface area contributed by atoms with Gasteiger partial charge in [-0.05, 0) is 0 Å². The summed E-state index contributed by atoms with van der Waals surface area (Å²) in [4.78, 5) is 1.50. The number of rotatable bonds is 0. The fourth-order valence-corrected chi connectivity index (χ4v) is 0. The second-order valence-electron chi connectivity index (χ2n) is 0.0894. The van der Waals surface area contributed by atoms with Crippen LogP contribution in [0.4, 0.5) is 0 Å². The Labute approximate surface area is 45.9 Å². The molecule has 5 heteroatoms. The maximum absolute atomic E-state index is 6.75. The van der Waals surface area contributed by atoms with Gasteiger partial charge < -0.3 is 18.6 Å². The number of hydrogen-bond acceptors (Lipinski definition) is 0. The normalized spacial score (nSPS) is 1.60. The molecule has 0 aromatic rings. The van der Waals surface area contributed by atoms with E-state index in [1.807, 2.05) is 0 Å². The quantitative estimate of drug-likeness (QED) is 0.210. The molecular weight excluding hydrogens is 104 g/mol. The number of hydrogen-bond donors (Lipinski definition) is 1. The van der Waals surface area contributed by atoms with Crippen molar-refractivity contribution in [2.75, 3.05) is 0 Å². The summed E-state index contributed by atoms with van der Waals surface area (Å²) >= 11 is 0. The molecular formula is H5N4Ti-. The van der Waals surface area contributed by atoms with Crippen LogP contribution < -0.4 is 6.15 Å². The van der Waals surface area contributed by atoms with Crippen molar-refractivity contribution in [2.45, 2.75) is 0 Å². The summed E-state index contributed by atoms with van der Waals surface area (Å²) in [6.07, 6.45) is 0. The number of quaternary nitrogens is 1. The van der Waals surface area contributed by atoms with E-state index in [4.69, 9.17) is 11.1 Å². The topological polar surface area (TPSA) is 95.2 Å². The van der Waals surface area contributed by atoms with Crippen LogP contribution in [0.5, 0.6) is 0 Å². The molecule has 0 amide bonds. The molecule has 0 fully saturated rings. The van der Waals surface area contributed by atoms with Gasteiger partial charge in [-0.3, -0.25) is 4.91 Å². The molecule has 0 aliphatic carbocycles. The minimum absolute atomic E-state index is 0. The predicted octanol–water partition coefficient (Wildman–Crippen LogP) is 1.35. The number of nitrogens with zero attached hydrogens (tertiary/aromatic N) is 3. The van der Waals surface area contributed by atoms with Crippen molar-refractivity contribution < 1.29 is 23.1 Å². The van der Waals surface area contributed by atoms with Crippen LogP contribution in [0.1, 0.15) is 1.43 Å². The van der Waals surface area contributed by atoms with E-state index >= 15 is 0 Å². The summed E-state index contributed by atoms with van der Waals surface area (Å²) in [7, 11) is 0. The van der Waals surface area contributed by atoms with Gasteiger partial charge >= 0.3 is 0 Å². The summed E-state index contributed by atoms with van der Waals surface area (Å²) in [6, 6.07) is 0. The van der Waals surface area contributed by atoms with Gasteiger partial charge in [-0.2, -0.15) is 0 Å². The summed E-state index contributed by atoms with van der Waals surface area (Å²) < 4.78 is 0. The van der Waals surface area contributed by atoms with Crippen molar-refractivity contribution in [3.05, 3.63) is 16.0 Å². The monoisotopic (exact) mass is 109 g/mol. The van der Waals surface area contributed by atoms with Gasteiger partial charge in [0.2, 0.25) is 0 Å². The molecule has 0 saturated heterocycles. The molecule has 0 saturated carbocycles. The molecule has 0 rings (SSSR count). The Morgan fingerprint density at radius 1 is 1.40 bits per heavy atom. The Bertz CT molecular complexity index is 28.5. The first-order valence-electron chi connectivity index (χ1n) is 0.400. The Kier molecular flexibility index (Phi) is 147. The molecule has 5 heavy (non-hydrogen) atoms. The minimum Gasteiger partial charge on any atom is -1.00 e. The zero-order valence-corrected chi connectivity index (χ0v) is 4.40. The molecule has 0 aromatic carbocycles. The Hall–Kier alpha value is -0.0157. The molecule has 0 aliphatic rings. The van der Waals surface area contributed by atoms with E-state index in [0.29, 0.717) is 0 Å². The van der Waals surface area contributed by atoms with Crippen LogP contribution in [-0.4, -0.2) is 0 Å². The van der Waals surface area contributed by atoms with E-state index in [1.165, 1.54) is 4.91 Å². The largest absolute Gasteiger partial charge is 1.00 e. The van der Waals surface area contributed by atoms with Crippen LogP contribution in [0, 0.1) is 0 Å².